The minimum absolute atomic E-state index is 0. The van der Waals surface area contributed by atoms with Gasteiger partial charge >= 0.3 is 0 Å². The zero-order valence-electron chi connectivity index (χ0n) is 8.45. The molecule has 0 saturated carbocycles. The van der Waals surface area contributed by atoms with Crippen molar-refractivity contribution in [3.8, 4) is 5.75 Å². The molecule has 1 rings (SSSR count). The van der Waals surface area contributed by atoms with Gasteiger partial charge in [-0.1, -0.05) is 13.8 Å². The van der Waals surface area contributed by atoms with Gasteiger partial charge in [-0.05, 0) is 18.2 Å². The molecule has 0 fully saturated rings. The highest BCUT2D eigenvalue weighted by atomic mass is 35.5. The molecule has 0 radical (unpaired) electrons. The van der Waals surface area contributed by atoms with Gasteiger partial charge in [-0.25, -0.2) is 0 Å². The number of nitrogens with two attached hydrogens (primary N) is 1. The Bertz CT molecular complexity index is 289. The molecule has 1 aromatic rings. The fourth-order valence-corrected chi connectivity index (χ4v) is 1.06. The lowest BCUT2D eigenvalue weighted by molar-refractivity contribution is 0.461. The molecule has 0 bridgehead atoms. The van der Waals surface area contributed by atoms with E-state index in [-0.39, 0.29) is 12.4 Å². The number of hydrogen-bond donors (Lipinski definition) is 3. The van der Waals surface area contributed by atoms with E-state index in [0.717, 1.165) is 5.56 Å². The number of nitrogen functional groups attached to an aromatic ring is 1. The third kappa shape index (κ3) is 3.85. The van der Waals surface area contributed by atoms with Crippen molar-refractivity contribution in [1.29, 1.82) is 0 Å². The zero-order valence-corrected chi connectivity index (χ0v) is 9.27. The van der Waals surface area contributed by atoms with Gasteiger partial charge in [0.25, 0.3) is 0 Å². The Hall–Kier alpha value is -0.930. The van der Waals surface area contributed by atoms with Gasteiger partial charge in [0.2, 0.25) is 0 Å². The number of nitrogens with one attached hydrogen (secondary N) is 1. The van der Waals surface area contributed by atoms with Crippen molar-refractivity contribution in [2.75, 3.05) is 5.73 Å². The molecule has 0 aliphatic carbocycles. The summed E-state index contributed by atoms with van der Waals surface area (Å²) in [6.45, 7) is 4.77. The van der Waals surface area contributed by atoms with E-state index in [9.17, 15) is 5.11 Å². The highest BCUT2D eigenvalue weighted by Gasteiger charge is 2.01. The Morgan fingerprint density at radius 2 is 2.07 bits per heavy atom. The Balaban J connectivity index is 0.00000169. The molecule has 0 atom stereocenters. The lowest BCUT2D eigenvalue weighted by Crippen LogP contribution is -2.21. The van der Waals surface area contributed by atoms with Crippen LogP contribution < -0.4 is 11.1 Å². The highest BCUT2D eigenvalue weighted by molar-refractivity contribution is 5.85. The van der Waals surface area contributed by atoms with E-state index < -0.39 is 0 Å². The third-order valence-electron chi connectivity index (χ3n) is 1.80. The van der Waals surface area contributed by atoms with E-state index in [4.69, 9.17) is 5.73 Å². The van der Waals surface area contributed by atoms with Crippen LogP contribution in [0.25, 0.3) is 0 Å². The Morgan fingerprint density at radius 1 is 1.43 bits per heavy atom. The van der Waals surface area contributed by atoms with E-state index in [1.807, 2.05) is 0 Å². The molecule has 3 nitrogen and oxygen atoms in total. The number of anilines is 1. The molecule has 0 saturated heterocycles. The van der Waals surface area contributed by atoms with Gasteiger partial charge in [0.05, 0.1) is 0 Å². The average Bonchev–Trinajstić information content (AvgIpc) is 2.06. The lowest BCUT2D eigenvalue weighted by atomic mass is 10.1. The number of phenols is 1. The van der Waals surface area contributed by atoms with Gasteiger partial charge in [-0.3, -0.25) is 0 Å². The summed E-state index contributed by atoms with van der Waals surface area (Å²) in [7, 11) is 0. The highest BCUT2D eigenvalue weighted by Crippen LogP contribution is 2.19. The van der Waals surface area contributed by atoms with Crippen molar-refractivity contribution in [2.24, 2.45) is 0 Å². The molecule has 0 heterocycles. The van der Waals surface area contributed by atoms with E-state index >= 15 is 0 Å². The first kappa shape index (κ1) is 13.1. The van der Waals surface area contributed by atoms with Crippen LogP contribution in [0.4, 0.5) is 5.69 Å². The Morgan fingerprint density at radius 3 is 2.64 bits per heavy atom. The summed E-state index contributed by atoms with van der Waals surface area (Å²) in [4.78, 5) is 0. The van der Waals surface area contributed by atoms with Gasteiger partial charge in [-0.15, -0.1) is 12.4 Å². The smallest absolute Gasteiger partial charge is 0.120 e. The topological polar surface area (TPSA) is 58.3 Å². The van der Waals surface area contributed by atoms with E-state index in [1.54, 1.807) is 18.2 Å². The van der Waals surface area contributed by atoms with Crippen molar-refractivity contribution in [3.63, 3.8) is 0 Å². The van der Waals surface area contributed by atoms with E-state index in [1.165, 1.54) is 0 Å². The number of benzene rings is 1. The van der Waals surface area contributed by atoms with Gasteiger partial charge < -0.3 is 16.2 Å². The van der Waals surface area contributed by atoms with Gasteiger partial charge in [-0.2, -0.15) is 0 Å². The van der Waals surface area contributed by atoms with Crippen molar-refractivity contribution in [3.05, 3.63) is 23.8 Å². The first-order chi connectivity index (χ1) is 6.09. The number of hydrogen-bond acceptors (Lipinski definition) is 3. The van der Waals surface area contributed by atoms with Gasteiger partial charge in [0.15, 0.2) is 0 Å². The maximum Gasteiger partial charge on any atom is 0.120 e. The van der Waals surface area contributed by atoms with Crippen LogP contribution in [0.3, 0.4) is 0 Å². The summed E-state index contributed by atoms with van der Waals surface area (Å²) >= 11 is 0. The molecule has 1 aromatic carbocycles. The van der Waals surface area contributed by atoms with Crippen LogP contribution in [0.2, 0.25) is 0 Å². The summed E-state index contributed by atoms with van der Waals surface area (Å²) in [5, 5.41) is 12.7. The van der Waals surface area contributed by atoms with Gasteiger partial charge in [0, 0.05) is 23.8 Å². The molecule has 0 unspecified atom stereocenters. The quantitative estimate of drug-likeness (QED) is 0.534. The van der Waals surface area contributed by atoms with Crippen molar-refractivity contribution < 1.29 is 5.11 Å². The molecule has 0 aliphatic rings. The monoisotopic (exact) mass is 216 g/mol. The predicted octanol–water partition coefficient (Wildman–Crippen LogP) is 1.89. The third-order valence-corrected chi connectivity index (χ3v) is 1.80. The van der Waals surface area contributed by atoms with Crippen LogP contribution >= 0.6 is 12.4 Å². The second-order valence-corrected chi connectivity index (χ2v) is 3.42. The number of halogens is 1. The minimum Gasteiger partial charge on any atom is -0.508 e. The molecule has 80 valence electrons. The van der Waals surface area contributed by atoms with Crippen molar-refractivity contribution in [2.45, 2.75) is 26.4 Å². The number of aromatic hydroxyl groups is 1. The largest absolute Gasteiger partial charge is 0.508 e. The normalized spacial score (nSPS) is 9.93. The lowest BCUT2D eigenvalue weighted by Gasteiger charge is -2.09. The number of rotatable bonds is 3. The minimum atomic E-state index is 0. The summed E-state index contributed by atoms with van der Waals surface area (Å²) in [5.41, 5.74) is 7.12. The van der Waals surface area contributed by atoms with Crippen molar-refractivity contribution in [1.82, 2.24) is 5.32 Å². The molecule has 0 spiro atoms. The first-order valence-corrected chi connectivity index (χ1v) is 4.40. The molecular formula is C10H17ClN2O. The number of phenolic OH excluding ortho intramolecular Hbond substituents is 1. The first-order valence-electron chi connectivity index (χ1n) is 4.40. The fraction of sp³-hybridized carbons (Fsp3) is 0.400. The summed E-state index contributed by atoms with van der Waals surface area (Å²) < 4.78 is 0. The molecule has 14 heavy (non-hydrogen) atoms. The van der Waals surface area contributed by atoms with Crippen LogP contribution in [0.1, 0.15) is 19.4 Å². The summed E-state index contributed by atoms with van der Waals surface area (Å²) in [6.07, 6.45) is 0. The molecule has 0 amide bonds. The Kier molecular flexibility index (Phi) is 5.35. The van der Waals surface area contributed by atoms with Gasteiger partial charge in [0.1, 0.15) is 5.75 Å². The standard InChI is InChI=1S/C10H16N2O.ClH/c1-7(2)12-6-8-5-9(11)3-4-10(8)13;/h3-5,7,12-13H,6,11H2,1-2H3;1H. The molecule has 0 aromatic heterocycles. The van der Waals surface area contributed by atoms with Crippen LogP contribution in [-0.2, 0) is 6.54 Å². The van der Waals surface area contributed by atoms with Crippen LogP contribution in [0.15, 0.2) is 18.2 Å². The van der Waals surface area contributed by atoms with E-state index in [2.05, 4.69) is 19.2 Å². The van der Waals surface area contributed by atoms with Crippen LogP contribution in [0, 0.1) is 0 Å². The van der Waals surface area contributed by atoms with Crippen molar-refractivity contribution >= 4 is 18.1 Å². The van der Waals surface area contributed by atoms with Crippen LogP contribution in [-0.4, -0.2) is 11.1 Å². The fourth-order valence-electron chi connectivity index (χ4n) is 1.06. The Labute approximate surface area is 90.7 Å². The average molecular weight is 217 g/mol. The SMILES string of the molecule is CC(C)NCc1cc(N)ccc1O.Cl. The second-order valence-electron chi connectivity index (χ2n) is 3.42. The maximum absolute atomic E-state index is 9.45. The molecule has 4 N–H and O–H groups in total. The molecular weight excluding hydrogens is 200 g/mol. The summed E-state index contributed by atoms with van der Waals surface area (Å²) in [5.74, 6) is 0.294. The van der Waals surface area contributed by atoms with E-state index in [0.29, 0.717) is 24.0 Å². The summed E-state index contributed by atoms with van der Waals surface area (Å²) in [6, 6.07) is 5.49. The second kappa shape index (κ2) is 5.73. The molecule has 0 aliphatic heterocycles. The molecule has 4 heteroatoms. The zero-order chi connectivity index (χ0) is 9.84. The predicted molar refractivity (Wildman–Crippen MR) is 61.7 cm³/mol. The van der Waals surface area contributed by atoms with Crippen LogP contribution in [0.5, 0.6) is 5.75 Å². The maximum atomic E-state index is 9.45.